The Balaban J connectivity index is 4.03. The molecule has 102 valence electrons. The molecule has 0 aromatic heterocycles. The Morgan fingerprint density at radius 1 is 1.35 bits per heavy atom. The molecule has 17 heavy (non-hydrogen) atoms. The molecule has 4 nitrogen and oxygen atoms in total. The molecule has 0 rings (SSSR count). The van der Waals surface area contributed by atoms with Crippen molar-refractivity contribution in [3.63, 3.8) is 0 Å². The minimum atomic E-state index is -1.79. The Bertz CT molecular complexity index is 245. The standard InChI is InChI=1S/C12H26O4Si/c1-7-15-11(14)10(13)8-9-16-17(5,6)12(2,3)4/h10,13H,7-9H2,1-6H3. The van der Waals surface area contributed by atoms with Gasteiger partial charge in [-0.05, 0) is 25.1 Å². The number of carbonyl (C=O) groups is 1. The highest BCUT2D eigenvalue weighted by molar-refractivity contribution is 6.74. The molecule has 0 aliphatic heterocycles. The van der Waals surface area contributed by atoms with Gasteiger partial charge in [0.1, 0.15) is 0 Å². The lowest BCUT2D eigenvalue weighted by Crippen LogP contribution is -2.41. The molecule has 0 saturated carbocycles. The van der Waals surface area contributed by atoms with Crippen LogP contribution in [0.1, 0.15) is 34.1 Å². The highest BCUT2D eigenvalue weighted by Gasteiger charge is 2.37. The van der Waals surface area contributed by atoms with Crippen LogP contribution in [0.3, 0.4) is 0 Å². The molecule has 0 bridgehead atoms. The van der Waals surface area contributed by atoms with Gasteiger partial charge in [0.05, 0.1) is 6.61 Å². The number of esters is 1. The normalized spacial score (nSPS) is 14.5. The van der Waals surface area contributed by atoms with Crippen LogP contribution in [-0.2, 0) is 14.0 Å². The molecule has 0 aliphatic rings. The number of aliphatic hydroxyl groups excluding tert-OH is 1. The summed E-state index contributed by atoms with van der Waals surface area (Å²) in [6, 6.07) is 0. The predicted octanol–water partition coefficient (Wildman–Crippen LogP) is 2.32. The van der Waals surface area contributed by atoms with Gasteiger partial charge < -0.3 is 14.3 Å². The quantitative estimate of drug-likeness (QED) is 0.589. The number of carbonyl (C=O) groups excluding carboxylic acids is 1. The van der Waals surface area contributed by atoms with E-state index >= 15 is 0 Å². The second kappa shape index (κ2) is 6.52. The van der Waals surface area contributed by atoms with E-state index in [4.69, 9.17) is 9.16 Å². The summed E-state index contributed by atoms with van der Waals surface area (Å²) in [6.07, 6.45) is -0.773. The van der Waals surface area contributed by atoms with Gasteiger partial charge in [0, 0.05) is 13.0 Å². The minimum Gasteiger partial charge on any atom is -0.464 e. The summed E-state index contributed by atoms with van der Waals surface area (Å²) in [5.74, 6) is -0.564. The third-order valence-electron chi connectivity index (χ3n) is 3.22. The van der Waals surface area contributed by atoms with Crippen LogP contribution in [0.2, 0.25) is 18.1 Å². The fourth-order valence-corrected chi connectivity index (χ4v) is 2.06. The Hall–Kier alpha value is -0.393. The second-order valence-electron chi connectivity index (χ2n) is 5.67. The first kappa shape index (κ1) is 16.6. The van der Waals surface area contributed by atoms with Gasteiger partial charge >= 0.3 is 5.97 Å². The van der Waals surface area contributed by atoms with Crippen LogP contribution >= 0.6 is 0 Å². The van der Waals surface area contributed by atoms with E-state index in [1.165, 1.54) is 0 Å². The zero-order valence-electron chi connectivity index (χ0n) is 11.9. The smallest absolute Gasteiger partial charge is 0.335 e. The van der Waals surface area contributed by atoms with Crippen LogP contribution in [0.4, 0.5) is 0 Å². The van der Waals surface area contributed by atoms with Gasteiger partial charge in [0.2, 0.25) is 0 Å². The topological polar surface area (TPSA) is 55.8 Å². The number of hydrogen-bond donors (Lipinski definition) is 1. The largest absolute Gasteiger partial charge is 0.464 e. The number of ether oxygens (including phenoxy) is 1. The summed E-state index contributed by atoms with van der Waals surface area (Å²) in [6.45, 7) is 13.2. The van der Waals surface area contributed by atoms with Crippen molar-refractivity contribution in [1.82, 2.24) is 0 Å². The Labute approximate surface area is 105 Å². The van der Waals surface area contributed by atoms with Crippen LogP contribution in [0.25, 0.3) is 0 Å². The lowest BCUT2D eigenvalue weighted by Gasteiger charge is -2.36. The number of rotatable bonds is 6. The molecule has 0 amide bonds. The van der Waals surface area contributed by atoms with Crippen molar-refractivity contribution in [1.29, 1.82) is 0 Å². The molecule has 0 spiro atoms. The van der Waals surface area contributed by atoms with E-state index in [9.17, 15) is 9.90 Å². The van der Waals surface area contributed by atoms with E-state index in [2.05, 4.69) is 33.9 Å². The molecule has 1 atom stereocenters. The average Bonchev–Trinajstić information content (AvgIpc) is 2.15. The molecule has 0 aliphatic carbocycles. The van der Waals surface area contributed by atoms with E-state index in [1.807, 2.05) is 0 Å². The second-order valence-corrected chi connectivity index (χ2v) is 10.5. The Morgan fingerprint density at radius 3 is 2.29 bits per heavy atom. The lowest BCUT2D eigenvalue weighted by atomic mass is 10.2. The van der Waals surface area contributed by atoms with Crippen LogP contribution in [0, 0.1) is 0 Å². The predicted molar refractivity (Wildman–Crippen MR) is 70.4 cm³/mol. The van der Waals surface area contributed by atoms with E-state index in [-0.39, 0.29) is 5.04 Å². The van der Waals surface area contributed by atoms with Crippen molar-refractivity contribution in [3.05, 3.63) is 0 Å². The van der Waals surface area contributed by atoms with Crippen molar-refractivity contribution in [3.8, 4) is 0 Å². The first-order valence-corrected chi connectivity index (χ1v) is 9.01. The number of hydrogen-bond acceptors (Lipinski definition) is 4. The molecule has 0 aromatic rings. The fraction of sp³-hybridized carbons (Fsp3) is 0.917. The number of aliphatic hydroxyl groups is 1. The van der Waals surface area contributed by atoms with Crippen LogP contribution < -0.4 is 0 Å². The first-order valence-electron chi connectivity index (χ1n) is 6.10. The van der Waals surface area contributed by atoms with E-state index < -0.39 is 20.4 Å². The first-order chi connectivity index (χ1) is 7.62. The van der Waals surface area contributed by atoms with Gasteiger partial charge in [0.25, 0.3) is 0 Å². The third kappa shape index (κ3) is 5.65. The van der Waals surface area contributed by atoms with E-state index in [0.717, 1.165) is 0 Å². The third-order valence-corrected chi connectivity index (χ3v) is 7.76. The van der Waals surface area contributed by atoms with Crippen LogP contribution in [-0.4, -0.2) is 38.7 Å². The van der Waals surface area contributed by atoms with Crippen molar-refractivity contribution in [2.24, 2.45) is 0 Å². The molecule has 1 unspecified atom stereocenters. The van der Waals surface area contributed by atoms with E-state index in [1.54, 1.807) is 6.92 Å². The van der Waals surface area contributed by atoms with Gasteiger partial charge in [-0.15, -0.1) is 0 Å². The van der Waals surface area contributed by atoms with Gasteiger partial charge in [-0.3, -0.25) is 0 Å². The molecule has 0 radical (unpaired) electrons. The van der Waals surface area contributed by atoms with Crippen LogP contribution in [0.5, 0.6) is 0 Å². The van der Waals surface area contributed by atoms with Crippen molar-refractivity contribution in [2.75, 3.05) is 13.2 Å². The summed E-state index contributed by atoms with van der Waals surface area (Å²) in [5.41, 5.74) is 0. The van der Waals surface area contributed by atoms with Gasteiger partial charge in [-0.2, -0.15) is 0 Å². The molecule has 1 N–H and O–H groups in total. The molecular formula is C12H26O4Si. The minimum absolute atomic E-state index is 0.141. The summed E-state index contributed by atoms with van der Waals surface area (Å²) in [7, 11) is -1.79. The van der Waals surface area contributed by atoms with Gasteiger partial charge in [-0.25, -0.2) is 4.79 Å². The molecule has 0 fully saturated rings. The summed E-state index contributed by atoms with van der Waals surface area (Å²) in [4.78, 5) is 11.2. The summed E-state index contributed by atoms with van der Waals surface area (Å²) >= 11 is 0. The molecule has 0 saturated heterocycles. The molecule has 5 heteroatoms. The zero-order valence-corrected chi connectivity index (χ0v) is 12.9. The van der Waals surface area contributed by atoms with E-state index in [0.29, 0.717) is 19.6 Å². The SMILES string of the molecule is CCOC(=O)C(O)CCO[Si](C)(C)C(C)(C)C. The highest BCUT2D eigenvalue weighted by atomic mass is 28.4. The maximum Gasteiger partial charge on any atom is 0.335 e. The average molecular weight is 262 g/mol. The summed E-state index contributed by atoms with van der Waals surface area (Å²) in [5, 5.41) is 9.65. The maximum atomic E-state index is 11.2. The lowest BCUT2D eigenvalue weighted by molar-refractivity contribution is -0.153. The van der Waals surface area contributed by atoms with Gasteiger partial charge in [-0.1, -0.05) is 20.8 Å². The Morgan fingerprint density at radius 2 is 1.88 bits per heavy atom. The molecular weight excluding hydrogens is 236 g/mol. The molecule has 0 heterocycles. The van der Waals surface area contributed by atoms with Crippen molar-refractivity contribution >= 4 is 14.3 Å². The highest BCUT2D eigenvalue weighted by Crippen LogP contribution is 2.36. The zero-order chi connectivity index (χ0) is 13.7. The van der Waals surface area contributed by atoms with Crippen LogP contribution in [0.15, 0.2) is 0 Å². The van der Waals surface area contributed by atoms with Crippen molar-refractivity contribution in [2.45, 2.75) is 58.4 Å². The van der Waals surface area contributed by atoms with Crippen molar-refractivity contribution < 1.29 is 19.1 Å². The monoisotopic (exact) mass is 262 g/mol. The van der Waals surface area contributed by atoms with Gasteiger partial charge in [0.15, 0.2) is 14.4 Å². The maximum absolute atomic E-state index is 11.2. The fourth-order valence-electron chi connectivity index (χ4n) is 0.999. The Kier molecular flexibility index (Phi) is 6.36. The molecule has 0 aromatic carbocycles. The summed E-state index contributed by atoms with van der Waals surface area (Å²) < 4.78 is 10.6.